The molecule has 1 aliphatic heterocycles. The van der Waals surface area contributed by atoms with E-state index in [2.05, 4.69) is 33.2 Å². The van der Waals surface area contributed by atoms with Gasteiger partial charge in [0.1, 0.15) is 6.54 Å². The average molecular weight is 330 g/mol. The predicted octanol–water partition coefficient (Wildman–Crippen LogP) is 3.92. The Morgan fingerprint density at radius 2 is 1.75 bits per heavy atom. The minimum absolute atomic E-state index is 0.00694. The summed E-state index contributed by atoms with van der Waals surface area (Å²) in [7, 11) is 4.46. The van der Waals surface area contributed by atoms with Gasteiger partial charge in [0.2, 0.25) is 0 Å². The van der Waals surface area contributed by atoms with Gasteiger partial charge in [-0.1, -0.05) is 43.2 Å². The van der Waals surface area contributed by atoms with Crippen LogP contribution >= 0.6 is 0 Å². The minimum atomic E-state index is -0.508. The molecule has 0 amide bonds. The van der Waals surface area contributed by atoms with Gasteiger partial charge in [0, 0.05) is 6.42 Å². The van der Waals surface area contributed by atoms with Gasteiger partial charge in [-0.3, -0.25) is 4.79 Å². The number of carbonyl (C=O) groups excluding carboxylic acids is 1. The second kappa shape index (κ2) is 6.87. The van der Waals surface area contributed by atoms with Crippen molar-refractivity contribution >= 4 is 5.97 Å². The van der Waals surface area contributed by atoms with Gasteiger partial charge in [-0.15, -0.1) is 0 Å². The summed E-state index contributed by atoms with van der Waals surface area (Å²) < 4.78 is 7.05. The van der Waals surface area contributed by atoms with Crippen molar-refractivity contribution in [1.29, 1.82) is 0 Å². The number of esters is 1. The zero-order valence-electron chi connectivity index (χ0n) is 15.5. The number of nitrogens with zero attached hydrogens (tertiary/aromatic N) is 1. The standard InChI is InChI=1S/C21H32NO2/c1-21(18-12-7-8-13-18,17-10-5-4-6-11-17)20(23)24-19-14-9-15-22(2,3)16-19/h4-6,10-11,18-19H,7-9,12-16H2,1-3H3/q+1/t19-,21-/m1/s1. The molecule has 0 bridgehead atoms. The molecule has 1 aromatic carbocycles. The Kier molecular flexibility index (Phi) is 5.00. The van der Waals surface area contributed by atoms with Crippen molar-refractivity contribution in [2.75, 3.05) is 27.2 Å². The fourth-order valence-corrected chi connectivity index (χ4v) is 4.66. The number of likely N-dealkylation sites (N-methyl/N-ethyl adjacent to an activating group) is 1. The van der Waals surface area contributed by atoms with E-state index in [4.69, 9.17) is 4.74 Å². The minimum Gasteiger partial charge on any atom is -0.456 e. The van der Waals surface area contributed by atoms with Crippen LogP contribution in [-0.2, 0) is 14.9 Å². The molecule has 0 N–H and O–H groups in total. The van der Waals surface area contributed by atoms with Gasteiger partial charge < -0.3 is 9.22 Å². The van der Waals surface area contributed by atoms with Crippen molar-refractivity contribution in [1.82, 2.24) is 0 Å². The molecule has 24 heavy (non-hydrogen) atoms. The number of likely N-dealkylation sites (tertiary alicyclic amines) is 1. The third-order valence-electron chi connectivity index (χ3n) is 6.23. The van der Waals surface area contributed by atoms with Crippen LogP contribution in [0.5, 0.6) is 0 Å². The van der Waals surface area contributed by atoms with Crippen molar-refractivity contribution in [2.24, 2.45) is 5.92 Å². The van der Waals surface area contributed by atoms with Gasteiger partial charge in [-0.2, -0.15) is 0 Å². The van der Waals surface area contributed by atoms with E-state index >= 15 is 0 Å². The summed E-state index contributed by atoms with van der Waals surface area (Å²) in [6.07, 6.45) is 6.92. The lowest BCUT2D eigenvalue weighted by Crippen LogP contribution is -2.52. The summed E-state index contributed by atoms with van der Waals surface area (Å²) >= 11 is 0. The number of hydrogen-bond donors (Lipinski definition) is 0. The van der Waals surface area contributed by atoms with Gasteiger partial charge in [0.05, 0.1) is 26.1 Å². The maximum atomic E-state index is 13.3. The van der Waals surface area contributed by atoms with Crippen LogP contribution in [0.3, 0.4) is 0 Å². The number of quaternary nitrogens is 1. The summed E-state index contributed by atoms with van der Waals surface area (Å²) in [5.74, 6) is 0.394. The van der Waals surface area contributed by atoms with Crippen molar-refractivity contribution in [2.45, 2.75) is 57.0 Å². The molecule has 1 aromatic rings. The fraction of sp³-hybridized carbons (Fsp3) is 0.667. The monoisotopic (exact) mass is 330 g/mol. The van der Waals surface area contributed by atoms with E-state index < -0.39 is 5.41 Å². The zero-order chi connectivity index (χ0) is 17.2. The first-order valence-corrected chi connectivity index (χ1v) is 9.50. The molecule has 2 atom stereocenters. The summed E-state index contributed by atoms with van der Waals surface area (Å²) in [6, 6.07) is 10.3. The largest absolute Gasteiger partial charge is 0.456 e. The Morgan fingerprint density at radius 3 is 2.38 bits per heavy atom. The molecule has 2 aliphatic rings. The lowest BCUT2D eigenvalue weighted by molar-refractivity contribution is -0.898. The molecule has 1 saturated heterocycles. The molecule has 0 radical (unpaired) electrons. The van der Waals surface area contributed by atoms with Crippen LogP contribution in [0.2, 0.25) is 0 Å². The third-order valence-corrected chi connectivity index (χ3v) is 6.23. The van der Waals surface area contributed by atoms with E-state index in [1.807, 2.05) is 18.2 Å². The van der Waals surface area contributed by atoms with E-state index in [1.54, 1.807) is 0 Å². The van der Waals surface area contributed by atoms with Gasteiger partial charge in [0.15, 0.2) is 6.10 Å². The fourth-order valence-electron chi connectivity index (χ4n) is 4.66. The molecule has 2 fully saturated rings. The highest BCUT2D eigenvalue weighted by Crippen LogP contribution is 2.43. The number of hydrogen-bond acceptors (Lipinski definition) is 2. The van der Waals surface area contributed by atoms with E-state index in [1.165, 1.54) is 19.4 Å². The molecule has 0 aromatic heterocycles. The number of ether oxygens (including phenoxy) is 1. The topological polar surface area (TPSA) is 26.3 Å². The molecule has 3 heteroatoms. The van der Waals surface area contributed by atoms with Crippen molar-refractivity contribution in [3.8, 4) is 0 Å². The molecule has 0 spiro atoms. The van der Waals surface area contributed by atoms with E-state index in [0.717, 1.165) is 42.3 Å². The Hall–Kier alpha value is -1.35. The highest BCUT2D eigenvalue weighted by Gasteiger charge is 2.46. The smallest absolute Gasteiger partial charge is 0.317 e. The highest BCUT2D eigenvalue weighted by atomic mass is 16.5. The quantitative estimate of drug-likeness (QED) is 0.618. The maximum absolute atomic E-state index is 13.3. The van der Waals surface area contributed by atoms with Crippen LogP contribution in [-0.4, -0.2) is 43.7 Å². The van der Waals surface area contributed by atoms with Crippen LogP contribution in [0, 0.1) is 5.92 Å². The number of piperidine rings is 1. The Balaban J connectivity index is 1.81. The molecular formula is C21H32NO2+. The van der Waals surface area contributed by atoms with Gasteiger partial charge in [0.25, 0.3) is 0 Å². The van der Waals surface area contributed by atoms with Gasteiger partial charge in [-0.05, 0) is 37.7 Å². The highest BCUT2D eigenvalue weighted by molar-refractivity contribution is 5.83. The van der Waals surface area contributed by atoms with E-state index in [9.17, 15) is 4.79 Å². The number of carbonyl (C=O) groups is 1. The first kappa shape index (κ1) is 17.5. The second-order valence-corrected chi connectivity index (χ2v) is 8.56. The van der Waals surface area contributed by atoms with E-state index in [-0.39, 0.29) is 12.1 Å². The number of benzene rings is 1. The molecule has 1 saturated carbocycles. The van der Waals surface area contributed by atoms with Crippen LogP contribution in [0.1, 0.15) is 51.0 Å². The van der Waals surface area contributed by atoms with Gasteiger partial charge >= 0.3 is 5.97 Å². The maximum Gasteiger partial charge on any atom is 0.317 e. The summed E-state index contributed by atoms with van der Waals surface area (Å²) in [4.78, 5) is 13.3. The Morgan fingerprint density at radius 1 is 1.08 bits per heavy atom. The second-order valence-electron chi connectivity index (χ2n) is 8.56. The normalized spacial score (nSPS) is 26.7. The van der Waals surface area contributed by atoms with Crippen molar-refractivity contribution in [3.63, 3.8) is 0 Å². The van der Waals surface area contributed by atoms with Crippen LogP contribution in [0.25, 0.3) is 0 Å². The average Bonchev–Trinajstić information content (AvgIpc) is 3.09. The summed E-state index contributed by atoms with van der Waals surface area (Å²) in [5, 5.41) is 0. The van der Waals surface area contributed by atoms with Crippen molar-refractivity contribution < 1.29 is 14.0 Å². The molecule has 1 heterocycles. The zero-order valence-corrected chi connectivity index (χ0v) is 15.5. The lowest BCUT2D eigenvalue weighted by Gasteiger charge is -2.40. The van der Waals surface area contributed by atoms with Gasteiger partial charge in [-0.25, -0.2) is 0 Å². The molecule has 3 nitrogen and oxygen atoms in total. The summed E-state index contributed by atoms with van der Waals surface area (Å²) in [6.45, 7) is 4.22. The van der Waals surface area contributed by atoms with Crippen LogP contribution < -0.4 is 0 Å². The Labute approximate surface area is 146 Å². The first-order chi connectivity index (χ1) is 11.4. The van der Waals surface area contributed by atoms with Crippen LogP contribution in [0.15, 0.2) is 30.3 Å². The molecular weight excluding hydrogens is 298 g/mol. The predicted molar refractivity (Wildman–Crippen MR) is 96.7 cm³/mol. The molecule has 132 valence electrons. The third kappa shape index (κ3) is 3.51. The van der Waals surface area contributed by atoms with Crippen LogP contribution in [0.4, 0.5) is 0 Å². The van der Waals surface area contributed by atoms with Crippen molar-refractivity contribution in [3.05, 3.63) is 35.9 Å². The molecule has 0 unspecified atom stereocenters. The number of rotatable bonds is 4. The Bertz CT molecular complexity index is 562. The molecule has 3 rings (SSSR count). The van der Waals surface area contributed by atoms with E-state index in [0.29, 0.717) is 5.92 Å². The first-order valence-electron chi connectivity index (χ1n) is 9.50. The SMILES string of the molecule is C[C@@](C(=O)O[C@@H]1CCC[N+](C)(C)C1)(c1ccccc1)C1CCCC1. The summed E-state index contributed by atoms with van der Waals surface area (Å²) in [5.41, 5.74) is 0.610. The molecule has 1 aliphatic carbocycles. The lowest BCUT2D eigenvalue weighted by atomic mass is 9.71.